The zero-order chi connectivity index (χ0) is 13.1. The highest BCUT2D eigenvalue weighted by Gasteiger charge is 2.09. The molecule has 0 bridgehead atoms. The van der Waals surface area contributed by atoms with Gasteiger partial charge in [-0.3, -0.25) is 4.21 Å². The fraction of sp³-hybridized carbons (Fsp3) is 0.143. The SMILES string of the molecule is Cc1ccccc1CS(=O)c1cc(N)cc(F)c1. The van der Waals surface area contributed by atoms with Gasteiger partial charge >= 0.3 is 0 Å². The molecule has 0 aromatic heterocycles. The molecule has 0 spiro atoms. The summed E-state index contributed by atoms with van der Waals surface area (Å²) in [6.45, 7) is 1.96. The van der Waals surface area contributed by atoms with Crippen molar-refractivity contribution in [2.24, 2.45) is 0 Å². The Kier molecular flexibility index (Phi) is 3.77. The van der Waals surface area contributed by atoms with Crippen LogP contribution in [0, 0.1) is 12.7 Å². The zero-order valence-corrected chi connectivity index (χ0v) is 10.8. The normalized spacial score (nSPS) is 12.3. The molecule has 0 fully saturated rings. The summed E-state index contributed by atoms with van der Waals surface area (Å²) in [5, 5.41) is 0. The van der Waals surface area contributed by atoms with Crippen LogP contribution in [-0.2, 0) is 16.6 Å². The first-order valence-electron chi connectivity index (χ1n) is 5.55. The Morgan fingerprint density at radius 1 is 1.22 bits per heavy atom. The van der Waals surface area contributed by atoms with Crippen molar-refractivity contribution >= 4 is 16.5 Å². The Balaban J connectivity index is 2.25. The minimum Gasteiger partial charge on any atom is -0.399 e. The van der Waals surface area contributed by atoms with Gasteiger partial charge in [0.05, 0.1) is 16.6 Å². The van der Waals surface area contributed by atoms with Gasteiger partial charge in [0.15, 0.2) is 0 Å². The van der Waals surface area contributed by atoms with Gasteiger partial charge in [0.2, 0.25) is 0 Å². The largest absolute Gasteiger partial charge is 0.399 e. The van der Waals surface area contributed by atoms with E-state index in [0.717, 1.165) is 11.1 Å². The Morgan fingerprint density at radius 2 is 1.94 bits per heavy atom. The van der Waals surface area contributed by atoms with Gasteiger partial charge in [-0.25, -0.2) is 4.39 Å². The molecule has 0 amide bonds. The predicted molar refractivity (Wildman–Crippen MR) is 72.1 cm³/mol. The van der Waals surface area contributed by atoms with E-state index < -0.39 is 16.6 Å². The van der Waals surface area contributed by atoms with E-state index in [-0.39, 0.29) is 0 Å². The molecule has 1 unspecified atom stereocenters. The highest BCUT2D eigenvalue weighted by atomic mass is 32.2. The summed E-state index contributed by atoms with van der Waals surface area (Å²) >= 11 is 0. The van der Waals surface area contributed by atoms with E-state index in [0.29, 0.717) is 16.3 Å². The van der Waals surface area contributed by atoms with Gasteiger partial charge < -0.3 is 5.73 Å². The molecule has 1 atom stereocenters. The summed E-state index contributed by atoms with van der Waals surface area (Å²) in [6.07, 6.45) is 0. The maximum absolute atomic E-state index is 13.2. The Hall–Kier alpha value is -1.68. The Bertz CT molecular complexity index is 578. The summed E-state index contributed by atoms with van der Waals surface area (Å²) in [5.41, 5.74) is 7.92. The van der Waals surface area contributed by atoms with Crippen LogP contribution in [0.15, 0.2) is 47.4 Å². The van der Waals surface area contributed by atoms with Crippen LogP contribution in [0.3, 0.4) is 0 Å². The second-order valence-corrected chi connectivity index (χ2v) is 5.59. The molecule has 0 saturated carbocycles. The smallest absolute Gasteiger partial charge is 0.126 e. The molecular formula is C14H14FNOS. The van der Waals surface area contributed by atoms with E-state index in [2.05, 4.69) is 0 Å². The quantitative estimate of drug-likeness (QED) is 0.865. The molecule has 2 N–H and O–H groups in total. The number of anilines is 1. The summed E-state index contributed by atoms with van der Waals surface area (Å²) < 4.78 is 25.4. The average Bonchev–Trinajstić information content (AvgIpc) is 2.31. The van der Waals surface area contributed by atoms with Crippen LogP contribution >= 0.6 is 0 Å². The summed E-state index contributed by atoms with van der Waals surface area (Å²) in [7, 11) is -1.29. The predicted octanol–water partition coefficient (Wildman–Crippen LogP) is 3.02. The molecule has 4 heteroatoms. The minimum atomic E-state index is -1.29. The van der Waals surface area contributed by atoms with Crippen molar-refractivity contribution in [2.75, 3.05) is 5.73 Å². The second kappa shape index (κ2) is 5.31. The van der Waals surface area contributed by atoms with Gasteiger partial charge in [-0.1, -0.05) is 24.3 Å². The average molecular weight is 263 g/mol. The molecule has 0 radical (unpaired) electrons. The van der Waals surface area contributed by atoms with Crippen LogP contribution in [0.4, 0.5) is 10.1 Å². The fourth-order valence-corrected chi connectivity index (χ4v) is 3.00. The molecule has 0 aliphatic carbocycles. The first-order chi connectivity index (χ1) is 8.56. The number of hydrogen-bond acceptors (Lipinski definition) is 2. The minimum absolute atomic E-state index is 0.295. The lowest BCUT2D eigenvalue weighted by molar-refractivity contribution is 0.623. The van der Waals surface area contributed by atoms with Crippen molar-refractivity contribution < 1.29 is 8.60 Å². The molecule has 0 aliphatic rings. The number of aryl methyl sites for hydroxylation is 1. The summed E-state index contributed by atoms with van der Waals surface area (Å²) in [5.74, 6) is -0.0848. The van der Waals surface area contributed by atoms with E-state index in [1.54, 1.807) is 6.07 Å². The molecule has 18 heavy (non-hydrogen) atoms. The number of halogens is 1. The van der Waals surface area contributed by atoms with E-state index in [1.807, 2.05) is 31.2 Å². The molecular weight excluding hydrogens is 249 g/mol. The Morgan fingerprint density at radius 3 is 2.61 bits per heavy atom. The lowest BCUT2D eigenvalue weighted by Crippen LogP contribution is -2.00. The van der Waals surface area contributed by atoms with Gasteiger partial charge in [0.25, 0.3) is 0 Å². The number of nitrogen functional groups attached to an aromatic ring is 1. The van der Waals surface area contributed by atoms with Crippen LogP contribution in [-0.4, -0.2) is 4.21 Å². The fourth-order valence-electron chi connectivity index (χ4n) is 1.71. The highest BCUT2D eigenvalue weighted by molar-refractivity contribution is 7.84. The van der Waals surface area contributed by atoms with E-state index >= 15 is 0 Å². The molecule has 0 aliphatic heterocycles. The Labute approximate surface area is 108 Å². The molecule has 0 saturated heterocycles. The third-order valence-electron chi connectivity index (χ3n) is 2.70. The van der Waals surface area contributed by atoms with Crippen LogP contribution in [0.25, 0.3) is 0 Å². The van der Waals surface area contributed by atoms with Crippen LogP contribution in [0.5, 0.6) is 0 Å². The van der Waals surface area contributed by atoms with E-state index in [1.165, 1.54) is 12.1 Å². The third-order valence-corrected chi connectivity index (χ3v) is 4.04. The van der Waals surface area contributed by atoms with Crippen molar-refractivity contribution in [2.45, 2.75) is 17.6 Å². The maximum Gasteiger partial charge on any atom is 0.126 e. The standard InChI is InChI=1S/C14H14FNOS/c1-10-4-2-3-5-11(10)9-18(17)14-7-12(15)6-13(16)8-14/h2-8H,9,16H2,1H3. The van der Waals surface area contributed by atoms with Gasteiger partial charge in [-0.15, -0.1) is 0 Å². The summed E-state index contributed by atoms with van der Waals surface area (Å²) in [6, 6.07) is 11.8. The van der Waals surface area contributed by atoms with Gasteiger partial charge in [-0.05, 0) is 36.2 Å². The maximum atomic E-state index is 13.2. The van der Waals surface area contributed by atoms with Crippen LogP contribution in [0.2, 0.25) is 0 Å². The van der Waals surface area contributed by atoms with Crippen molar-refractivity contribution in [3.05, 3.63) is 59.4 Å². The van der Waals surface area contributed by atoms with Gasteiger partial charge in [0, 0.05) is 10.6 Å². The topological polar surface area (TPSA) is 43.1 Å². The zero-order valence-electron chi connectivity index (χ0n) is 10.0. The van der Waals surface area contributed by atoms with E-state index in [4.69, 9.17) is 5.73 Å². The number of benzene rings is 2. The molecule has 2 aromatic rings. The van der Waals surface area contributed by atoms with Gasteiger partial charge in [0.1, 0.15) is 5.82 Å². The molecule has 2 aromatic carbocycles. The monoisotopic (exact) mass is 263 g/mol. The molecule has 2 nitrogen and oxygen atoms in total. The van der Waals surface area contributed by atoms with E-state index in [9.17, 15) is 8.60 Å². The first kappa shape index (κ1) is 12.8. The molecule has 94 valence electrons. The second-order valence-electron chi connectivity index (χ2n) is 4.14. The van der Waals surface area contributed by atoms with Crippen LogP contribution in [0.1, 0.15) is 11.1 Å². The first-order valence-corrected chi connectivity index (χ1v) is 6.87. The van der Waals surface area contributed by atoms with Gasteiger partial charge in [-0.2, -0.15) is 0 Å². The molecule has 2 rings (SSSR count). The summed E-state index contributed by atoms with van der Waals surface area (Å²) in [4.78, 5) is 0.427. The van der Waals surface area contributed by atoms with Crippen LogP contribution < -0.4 is 5.73 Å². The third kappa shape index (κ3) is 2.96. The van der Waals surface area contributed by atoms with Crippen molar-refractivity contribution in [3.8, 4) is 0 Å². The molecule has 0 heterocycles. The van der Waals surface area contributed by atoms with Crippen molar-refractivity contribution in [3.63, 3.8) is 0 Å². The number of nitrogens with two attached hydrogens (primary N) is 1. The number of rotatable bonds is 3. The highest BCUT2D eigenvalue weighted by Crippen LogP contribution is 2.18. The number of hydrogen-bond donors (Lipinski definition) is 1. The van der Waals surface area contributed by atoms with Crippen molar-refractivity contribution in [1.29, 1.82) is 0 Å². The lowest BCUT2D eigenvalue weighted by atomic mass is 10.1. The lowest BCUT2D eigenvalue weighted by Gasteiger charge is -2.06. The van der Waals surface area contributed by atoms with Crippen molar-refractivity contribution in [1.82, 2.24) is 0 Å².